The van der Waals surface area contributed by atoms with E-state index in [1.165, 1.54) is 0 Å². The molecule has 2 heterocycles. The number of nitrogens with zero attached hydrogens (tertiary/aromatic N) is 2. The van der Waals surface area contributed by atoms with Crippen molar-refractivity contribution in [3.05, 3.63) is 30.5 Å². The molecule has 0 spiro atoms. The van der Waals surface area contributed by atoms with Crippen LogP contribution in [-0.2, 0) is 0 Å². The van der Waals surface area contributed by atoms with Crippen LogP contribution < -0.4 is 10.6 Å². The first-order chi connectivity index (χ1) is 9.07. The fourth-order valence-corrected chi connectivity index (χ4v) is 2.69. The molecule has 1 saturated heterocycles. The summed E-state index contributed by atoms with van der Waals surface area (Å²) in [6.07, 6.45) is 3.39. The number of hydrogen-bond donors (Lipinski definition) is 2. The van der Waals surface area contributed by atoms with Gasteiger partial charge in [0.05, 0.1) is 16.8 Å². The van der Waals surface area contributed by atoms with Crippen molar-refractivity contribution in [2.45, 2.75) is 25.4 Å². The minimum atomic E-state index is -0.529. The van der Waals surface area contributed by atoms with Crippen LogP contribution in [0.1, 0.15) is 19.8 Å². The topological polar surface area (TPSA) is 62.4 Å². The Balaban J connectivity index is 2.00. The molecule has 3 N–H and O–H groups in total. The van der Waals surface area contributed by atoms with Crippen LogP contribution in [0.5, 0.6) is 0 Å². The average molecular weight is 257 g/mol. The Bertz CT molecular complexity index is 599. The Labute approximate surface area is 112 Å². The van der Waals surface area contributed by atoms with Crippen LogP contribution in [0.25, 0.3) is 10.9 Å². The number of nitrogens with two attached hydrogens (primary N) is 1. The van der Waals surface area contributed by atoms with Crippen molar-refractivity contribution in [3.63, 3.8) is 0 Å². The van der Waals surface area contributed by atoms with Crippen LogP contribution in [0.2, 0.25) is 0 Å². The van der Waals surface area contributed by atoms with Crippen molar-refractivity contribution in [1.82, 2.24) is 4.98 Å². The molecule has 0 saturated carbocycles. The maximum absolute atomic E-state index is 10.0. The predicted molar refractivity (Wildman–Crippen MR) is 78.2 cm³/mol. The first-order valence-corrected chi connectivity index (χ1v) is 6.67. The molecule has 4 nitrogen and oxygen atoms in total. The molecule has 3 rings (SSSR count). The summed E-state index contributed by atoms with van der Waals surface area (Å²) in [5.41, 5.74) is 8.18. The van der Waals surface area contributed by atoms with Crippen LogP contribution >= 0.6 is 0 Å². The van der Waals surface area contributed by atoms with Crippen LogP contribution in [0, 0.1) is 0 Å². The molecule has 2 aromatic rings. The van der Waals surface area contributed by atoms with Crippen molar-refractivity contribution in [1.29, 1.82) is 0 Å². The number of aliphatic hydroxyl groups is 1. The highest BCUT2D eigenvalue weighted by molar-refractivity contribution is 5.98. The fourth-order valence-electron chi connectivity index (χ4n) is 2.69. The van der Waals surface area contributed by atoms with Crippen molar-refractivity contribution >= 4 is 22.3 Å². The summed E-state index contributed by atoms with van der Waals surface area (Å²) in [5, 5.41) is 11.1. The van der Waals surface area contributed by atoms with Gasteiger partial charge in [0.25, 0.3) is 0 Å². The normalized spacial score (nSPS) is 18.7. The number of hydrogen-bond acceptors (Lipinski definition) is 4. The third-order valence-electron chi connectivity index (χ3n) is 3.96. The number of aromatic nitrogens is 1. The molecule has 1 fully saturated rings. The summed E-state index contributed by atoms with van der Waals surface area (Å²) in [7, 11) is 0. The Morgan fingerprint density at radius 1 is 1.26 bits per heavy atom. The van der Waals surface area contributed by atoms with Gasteiger partial charge in [0.1, 0.15) is 0 Å². The van der Waals surface area contributed by atoms with Gasteiger partial charge in [-0.2, -0.15) is 0 Å². The van der Waals surface area contributed by atoms with E-state index in [4.69, 9.17) is 5.73 Å². The van der Waals surface area contributed by atoms with Gasteiger partial charge in [-0.1, -0.05) is 12.1 Å². The van der Waals surface area contributed by atoms with Gasteiger partial charge in [-0.3, -0.25) is 4.98 Å². The molecule has 1 aromatic carbocycles. The van der Waals surface area contributed by atoms with Crippen LogP contribution in [-0.4, -0.2) is 28.8 Å². The van der Waals surface area contributed by atoms with Crippen LogP contribution in [0.15, 0.2) is 30.5 Å². The fraction of sp³-hybridized carbons (Fsp3) is 0.400. The number of fused-ring (bicyclic) bond motifs is 1. The Kier molecular flexibility index (Phi) is 2.82. The maximum atomic E-state index is 10.0. The minimum Gasteiger partial charge on any atom is -0.397 e. The quantitative estimate of drug-likeness (QED) is 0.769. The molecule has 19 heavy (non-hydrogen) atoms. The smallest absolute Gasteiger partial charge is 0.0951 e. The molecule has 0 radical (unpaired) electrons. The standard InChI is InChI=1S/C15H19N3O/c1-15(19)6-9-18(10-7-15)13-5-8-17-14-11(13)3-2-4-12(14)16/h2-5,8,19H,6-7,9-10,16H2,1H3. The van der Waals surface area contributed by atoms with Crippen molar-refractivity contribution in [2.75, 3.05) is 23.7 Å². The van der Waals surface area contributed by atoms with E-state index in [9.17, 15) is 5.11 Å². The highest BCUT2D eigenvalue weighted by Gasteiger charge is 2.28. The minimum absolute atomic E-state index is 0.529. The molecule has 0 bridgehead atoms. The highest BCUT2D eigenvalue weighted by Crippen LogP contribution is 2.32. The second-order valence-corrected chi connectivity index (χ2v) is 5.56. The van der Waals surface area contributed by atoms with Gasteiger partial charge in [0.2, 0.25) is 0 Å². The number of benzene rings is 1. The zero-order valence-electron chi connectivity index (χ0n) is 11.1. The molecule has 1 aromatic heterocycles. The molecule has 1 aliphatic rings. The third-order valence-corrected chi connectivity index (χ3v) is 3.96. The van der Waals surface area contributed by atoms with Crippen LogP contribution in [0.3, 0.4) is 0 Å². The number of nitrogen functional groups attached to an aromatic ring is 1. The molecule has 0 aliphatic carbocycles. The average Bonchev–Trinajstić information content (AvgIpc) is 2.39. The first-order valence-electron chi connectivity index (χ1n) is 6.67. The molecular weight excluding hydrogens is 238 g/mol. The van der Waals surface area contributed by atoms with E-state index in [0.717, 1.165) is 42.5 Å². The Hall–Kier alpha value is -1.81. The van der Waals surface area contributed by atoms with Crippen molar-refractivity contribution < 1.29 is 5.11 Å². The van der Waals surface area contributed by atoms with Gasteiger partial charge >= 0.3 is 0 Å². The van der Waals surface area contributed by atoms with E-state index in [-0.39, 0.29) is 0 Å². The number of piperidine rings is 1. The summed E-state index contributed by atoms with van der Waals surface area (Å²) < 4.78 is 0. The summed E-state index contributed by atoms with van der Waals surface area (Å²) in [6.45, 7) is 3.63. The van der Waals surface area contributed by atoms with E-state index in [1.54, 1.807) is 6.20 Å². The SMILES string of the molecule is CC1(O)CCN(c2ccnc3c(N)cccc23)CC1. The molecule has 0 atom stereocenters. The van der Waals surface area contributed by atoms with Gasteiger partial charge in [-0.05, 0) is 31.9 Å². The summed E-state index contributed by atoms with van der Waals surface area (Å²) >= 11 is 0. The molecule has 100 valence electrons. The van der Waals surface area contributed by atoms with Crippen molar-refractivity contribution in [3.8, 4) is 0 Å². The van der Waals surface area contributed by atoms with Gasteiger partial charge in [-0.25, -0.2) is 0 Å². The predicted octanol–water partition coefficient (Wildman–Crippen LogP) is 2.17. The Morgan fingerprint density at radius 2 is 2.00 bits per heavy atom. The van der Waals surface area contributed by atoms with Gasteiger partial charge in [-0.15, -0.1) is 0 Å². The number of rotatable bonds is 1. The Morgan fingerprint density at radius 3 is 2.74 bits per heavy atom. The first kappa shape index (κ1) is 12.2. The second-order valence-electron chi connectivity index (χ2n) is 5.56. The zero-order chi connectivity index (χ0) is 13.5. The van der Waals surface area contributed by atoms with E-state index in [2.05, 4.69) is 16.0 Å². The molecule has 1 aliphatic heterocycles. The monoisotopic (exact) mass is 257 g/mol. The van der Waals surface area contributed by atoms with Crippen molar-refractivity contribution in [2.24, 2.45) is 0 Å². The van der Waals surface area contributed by atoms with Gasteiger partial charge in [0.15, 0.2) is 0 Å². The van der Waals surface area contributed by atoms with E-state index in [1.807, 2.05) is 25.1 Å². The summed E-state index contributed by atoms with van der Waals surface area (Å²) in [5.74, 6) is 0. The lowest BCUT2D eigenvalue weighted by Gasteiger charge is -2.37. The molecular formula is C15H19N3O. The summed E-state index contributed by atoms with van der Waals surface area (Å²) in [4.78, 5) is 6.67. The third kappa shape index (κ3) is 2.24. The van der Waals surface area contributed by atoms with E-state index >= 15 is 0 Å². The van der Waals surface area contributed by atoms with E-state index < -0.39 is 5.60 Å². The lowest BCUT2D eigenvalue weighted by molar-refractivity contribution is 0.0352. The van der Waals surface area contributed by atoms with Gasteiger partial charge in [0, 0.05) is 30.4 Å². The maximum Gasteiger partial charge on any atom is 0.0951 e. The molecule has 0 amide bonds. The summed E-state index contributed by atoms with van der Waals surface area (Å²) in [6, 6.07) is 7.92. The largest absolute Gasteiger partial charge is 0.397 e. The number of anilines is 2. The lowest BCUT2D eigenvalue weighted by atomic mass is 9.93. The molecule has 0 unspecified atom stereocenters. The molecule has 4 heteroatoms. The van der Waals surface area contributed by atoms with Crippen LogP contribution in [0.4, 0.5) is 11.4 Å². The number of para-hydroxylation sites is 1. The number of pyridine rings is 1. The van der Waals surface area contributed by atoms with E-state index in [0.29, 0.717) is 5.69 Å². The lowest BCUT2D eigenvalue weighted by Crippen LogP contribution is -2.42. The van der Waals surface area contributed by atoms with Gasteiger partial charge < -0.3 is 15.7 Å². The second kappa shape index (κ2) is 4.38. The highest BCUT2D eigenvalue weighted by atomic mass is 16.3. The zero-order valence-corrected chi connectivity index (χ0v) is 11.1.